The summed E-state index contributed by atoms with van der Waals surface area (Å²) in [6, 6.07) is 8.69. The fraction of sp³-hybridized carbons (Fsp3) is 0.0769. The Balaban J connectivity index is 2.11. The van der Waals surface area contributed by atoms with Crippen LogP contribution in [0.4, 0.5) is 15.8 Å². The van der Waals surface area contributed by atoms with Gasteiger partial charge in [0.15, 0.2) is 0 Å². The Hall–Kier alpha value is -1.85. The number of hydrogen-bond donors (Lipinski definition) is 1. The van der Waals surface area contributed by atoms with Crippen LogP contribution in [-0.2, 0) is 6.54 Å². The van der Waals surface area contributed by atoms with E-state index in [0.717, 1.165) is 12.1 Å². The molecule has 2 aromatic rings. The van der Waals surface area contributed by atoms with E-state index in [9.17, 15) is 14.5 Å². The van der Waals surface area contributed by atoms with Crippen LogP contribution in [0.5, 0.6) is 0 Å². The normalized spacial score (nSPS) is 10.3. The third kappa shape index (κ3) is 3.59. The highest BCUT2D eigenvalue weighted by Gasteiger charge is 2.13. The van der Waals surface area contributed by atoms with Crippen molar-refractivity contribution in [3.05, 3.63) is 67.9 Å². The van der Waals surface area contributed by atoms with Gasteiger partial charge in [0.25, 0.3) is 0 Å². The van der Waals surface area contributed by atoms with Crippen molar-refractivity contribution in [2.75, 3.05) is 5.32 Å². The lowest BCUT2D eigenvalue weighted by Gasteiger charge is -2.08. The number of halogens is 3. The van der Waals surface area contributed by atoms with Gasteiger partial charge in [-0.1, -0.05) is 29.3 Å². The van der Waals surface area contributed by atoms with Gasteiger partial charge in [0.2, 0.25) is 5.82 Å². The molecular weight excluding hydrogens is 306 g/mol. The number of rotatable bonds is 4. The molecule has 0 radical (unpaired) electrons. The van der Waals surface area contributed by atoms with Gasteiger partial charge in [-0.15, -0.1) is 0 Å². The van der Waals surface area contributed by atoms with Crippen molar-refractivity contribution in [2.24, 2.45) is 0 Å². The largest absolute Gasteiger partial charge is 0.381 e. The Morgan fingerprint density at radius 2 is 1.80 bits per heavy atom. The summed E-state index contributed by atoms with van der Waals surface area (Å²) in [4.78, 5) is 9.75. The molecule has 0 amide bonds. The first-order chi connectivity index (χ1) is 9.45. The average Bonchev–Trinajstić information content (AvgIpc) is 2.35. The zero-order valence-electron chi connectivity index (χ0n) is 10.1. The molecule has 0 heterocycles. The van der Waals surface area contributed by atoms with Crippen LogP contribution < -0.4 is 5.32 Å². The van der Waals surface area contributed by atoms with Gasteiger partial charge in [0, 0.05) is 28.3 Å². The van der Waals surface area contributed by atoms with E-state index in [0.29, 0.717) is 27.8 Å². The molecule has 7 heteroatoms. The number of hydrogen-bond acceptors (Lipinski definition) is 3. The molecule has 2 rings (SSSR count). The number of nitro groups is 1. The minimum Gasteiger partial charge on any atom is -0.381 e. The van der Waals surface area contributed by atoms with Gasteiger partial charge < -0.3 is 5.32 Å². The first-order valence-corrected chi connectivity index (χ1v) is 6.34. The van der Waals surface area contributed by atoms with E-state index >= 15 is 0 Å². The van der Waals surface area contributed by atoms with Crippen LogP contribution in [0.1, 0.15) is 5.56 Å². The predicted octanol–water partition coefficient (Wildman–Crippen LogP) is 4.65. The highest BCUT2D eigenvalue weighted by molar-refractivity contribution is 6.35. The van der Waals surface area contributed by atoms with Crippen LogP contribution in [0, 0.1) is 15.9 Å². The van der Waals surface area contributed by atoms with Crippen LogP contribution >= 0.6 is 23.2 Å². The molecule has 0 bridgehead atoms. The van der Waals surface area contributed by atoms with Crippen LogP contribution in [-0.4, -0.2) is 4.92 Å². The van der Waals surface area contributed by atoms with E-state index in [4.69, 9.17) is 23.2 Å². The van der Waals surface area contributed by atoms with Gasteiger partial charge in [-0.05, 0) is 29.8 Å². The molecule has 0 aromatic heterocycles. The standard InChI is InChI=1S/C13H9Cl2FN2O2/c14-9-4-10(15)6-11(5-9)17-7-8-1-2-13(18(19)20)12(16)3-8/h1-6,17H,7H2. The molecule has 4 nitrogen and oxygen atoms in total. The van der Waals surface area contributed by atoms with E-state index in [-0.39, 0.29) is 0 Å². The van der Waals surface area contributed by atoms with E-state index in [1.54, 1.807) is 18.2 Å². The first-order valence-electron chi connectivity index (χ1n) is 5.58. The van der Waals surface area contributed by atoms with Crippen molar-refractivity contribution < 1.29 is 9.31 Å². The van der Waals surface area contributed by atoms with E-state index < -0.39 is 16.4 Å². The Morgan fingerprint density at radius 3 is 2.35 bits per heavy atom. The number of anilines is 1. The van der Waals surface area contributed by atoms with Crippen LogP contribution in [0.2, 0.25) is 10.0 Å². The molecule has 0 unspecified atom stereocenters. The SMILES string of the molecule is O=[N+]([O-])c1ccc(CNc2cc(Cl)cc(Cl)c2)cc1F. The molecule has 0 atom stereocenters. The maximum Gasteiger partial charge on any atom is 0.304 e. The van der Waals surface area contributed by atoms with Gasteiger partial charge >= 0.3 is 5.69 Å². The zero-order valence-corrected chi connectivity index (χ0v) is 11.6. The lowest BCUT2D eigenvalue weighted by molar-refractivity contribution is -0.387. The Bertz CT molecular complexity index is 645. The zero-order chi connectivity index (χ0) is 14.7. The second kappa shape index (κ2) is 6.07. The van der Waals surface area contributed by atoms with Crippen molar-refractivity contribution in [2.45, 2.75) is 6.54 Å². The van der Waals surface area contributed by atoms with Crippen molar-refractivity contribution in [1.29, 1.82) is 0 Å². The van der Waals surface area contributed by atoms with Gasteiger partial charge in [-0.25, -0.2) is 0 Å². The van der Waals surface area contributed by atoms with Crippen molar-refractivity contribution in [1.82, 2.24) is 0 Å². The number of benzene rings is 2. The second-order valence-electron chi connectivity index (χ2n) is 4.05. The van der Waals surface area contributed by atoms with Crippen LogP contribution in [0.25, 0.3) is 0 Å². The smallest absolute Gasteiger partial charge is 0.304 e. The molecule has 2 aromatic carbocycles. The third-order valence-corrected chi connectivity index (χ3v) is 3.00. The van der Waals surface area contributed by atoms with E-state index in [1.807, 2.05) is 0 Å². The molecule has 0 saturated carbocycles. The molecule has 0 fully saturated rings. The summed E-state index contributed by atoms with van der Waals surface area (Å²) in [5, 5.41) is 14.5. The number of nitro benzene ring substituents is 1. The summed E-state index contributed by atoms with van der Waals surface area (Å²) in [6.07, 6.45) is 0. The molecule has 0 spiro atoms. The minimum absolute atomic E-state index is 0.297. The molecule has 0 saturated heterocycles. The van der Waals surface area contributed by atoms with E-state index in [2.05, 4.69) is 5.32 Å². The first kappa shape index (κ1) is 14.6. The molecular formula is C13H9Cl2FN2O2. The summed E-state index contributed by atoms with van der Waals surface area (Å²) in [5.74, 6) is -0.863. The molecule has 1 N–H and O–H groups in total. The molecule has 20 heavy (non-hydrogen) atoms. The fourth-order valence-corrected chi connectivity index (χ4v) is 2.19. The van der Waals surface area contributed by atoms with Gasteiger partial charge in [-0.2, -0.15) is 4.39 Å². The van der Waals surface area contributed by atoms with Gasteiger partial charge in [0.05, 0.1) is 4.92 Å². The third-order valence-electron chi connectivity index (χ3n) is 2.57. The predicted molar refractivity (Wildman–Crippen MR) is 76.8 cm³/mol. The Labute approximate surface area is 124 Å². The molecule has 104 valence electrons. The number of nitrogens with zero attached hydrogens (tertiary/aromatic N) is 1. The maximum atomic E-state index is 13.4. The number of nitrogens with one attached hydrogen (secondary N) is 1. The average molecular weight is 315 g/mol. The quantitative estimate of drug-likeness (QED) is 0.660. The second-order valence-corrected chi connectivity index (χ2v) is 4.93. The van der Waals surface area contributed by atoms with Crippen molar-refractivity contribution in [3.8, 4) is 0 Å². The fourth-order valence-electron chi connectivity index (χ4n) is 1.67. The summed E-state index contributed by atoms with van der Waals surface area (Å²) in [7, 11) is 0. The van der Waals surface area contributed by atoms with Crippen molar-refractivity contribution >= 4 is 34.6 Å². The van der Waals surface area contributed by atoms with E-state index in [1.165, 1.54) is 6.07 Å². The van der Waals surface area contributed by atoms with Crippen LogP contribution in [0.3, 0.4) is 0 Å². The molecule has 0 aliphatic heterocycles. The highest BCUT2D eigenvalue weighted by Crippen LogP contribution is 2.23. The summed E-state index contributed by atoms with van der Waals surface area (Å²) < 4.78 is 13.4. The van der Waals surface area contributed by atoms with Gasteiger partial charge in [0.1, 0.15) is 0 Å². The minimum atomic E-state index is -0.863. The monoisotopic (exact) mass is 314 g/mol. The van der Waals surface area contributed by atoms with Crippen LogP contribution in [0.15, 0.2) is 36.4 Å². The Kier molecular flexibility index (Phi) is 4.42. The summed E-state index contributed by atoms with van der Waals surface area (Å²) in [5.41, 5.74) is 0.713. The lowest BCUT2D eigenvalue weighted by atomic mass is 10.2. The molecule has 0 aliphatic rings. The lowest BCUT2D eigenvalue weighted by Crippen LogP contribution is -2.01. The summed E-state index contributed by atoms with van der Waals surface area (Å²) >= 11 is 11.7. The molecule has 0 aliphatic carbocycles. The van der Waals surface area contributed by atoms with Gasteiger partial charge in [-0.3, -0.25) is 10.1 Å². The summed E-state index contributed by atoms with van der Waals surface area (Å²) in [6.45, 7) is 0.297. The van der Waals surface area contributed by atoms with Crippen molar-refractivity contribution in [3.63, 3.8) is 0 Å². The maximum absolute atomic E-state index is 13.4. The Morgan fingerprint density at radius 1 is 1.15 bits per heavy atom. The highest BCUT2D eigenvalue weighted by atomic mass is 35.5. The topological polar surface area (TPSA) is 55.2 Å².